The molecule has 0 aliphatic carbocycles. The van der Waals surface area contributed by atoms with Crippen molar-refractivity contribution in [1.82, 2.24) is 5.32 Å². The summed E-state index contributed by atoms with van der Waals surface area (Å²) in [4.78, 5) is 0. The SMILES string of the molecule is Oc1ccc(C2CCCCCN2)cc1Cl. The fourth-order valence-electron chi connectivity index (χ4n) is 2.05. The van der Waals surface area contributed by atoms with Gasteiger partial charge in [0.1, 0.15) is 5.75 Å². The van der Waals surface area contributed by atoms with Crippen LogP contribution in [0.1, 0.15) is 37.3 Å². The Balaban J connectivity index is 2.16. The second-order valence-electron chi connectivity index (χ2n) is 4.07. The molecule has 15 heavy (non-hydrogen) atoms. The number of benzene rings is 1. The van der Waals surface area contributed by atoms with Crippen LogP contribution in [0.2, 0.25) is 5.02 Å². The van der Waals surface area contributed by atoms with Gasteiger partial charge in [0.2, 0.25) is 0 Å². The van der Waals surface area contributed by atoms with Gasteiger partial charge in [0.25, 0.3) is 0 Å². The molecule has 0 bridgehead atoms. The topological polar surface area (TPSA) is 32.3 Å². The van der Waals surface area contributed by atoms with Gasteiger partial charge in [0.05, 0.1) is 5.02 Å². The third kappa shape index (κ3) is 2.64. The molecule has 1 aliphatic rings. The Labute approximate surface area is 95.3 Å². The van der Waals surface area contributed by atoms with E-state index in [1.165, 1.54) is 24.8 Å². The van der Waals surface area contributed by atoms with Gasteiger partial charge in [-0.2, -0.15) is 0 Å². The van der Waals surface area contributed by atoms with Crippen molar-refractivity contribution < 1.29 is 5.11 Å². The van der Waals surface area contributed by atoms with E-state index in [1.54, 1.807) is 6.07 Å². The van der Waals surface area contributed by atoms with Crippen LogP contribution in [-0.2, 0) is 0 Å². The molecule has 0 aromatic heterocycles. The molecule has 2 N–H and O–H groups in total. The highest BCUT2D eigenvalue weighted by atomic mass is 35.5. The second-order valence-corrected chi connectivity index (χ2v) is 4.47. The summed E-state index contributed by atoms with van der Waals surface area (Å²) in [6.45, 7) is 1.07. The monoisotopic (exact) mass is 225 g/mol. The van der Waals surface area contributed by atoms with Gasteiger partial charge in [-0.25, -0.2) is 0 Å². The average molecular weight is 226 g/mol. The van der Waals surface area contributed by atoms with Gasteiger partial charge in [0, 0.05) is 6.04 Å². The van der Waals surface area contributed by atoms with Crippen LogP contribution in [0.3, 0.4) is 0 Å². The summed E-state index contributed by atoms with van der Waals surface area (Å²) in [7, 11) is 0. The number of hydrogen-bond donors (Lipinski definition) is 2. The highest BCUT2D eigenvalue weighted by Gasteiger charge is 2.14. The lowest BCUT2D eigenvalue weighted by Gasteiger charge is -2.16. The average Bonchev–Trinajstić information content (AvgIpc) is 2.50. The molecule has 1 fully saturated rings. The van der Waals surface area contributed by atoms with E-state index in [1.807, 2.05) is 12.1 Å². The van der Waals surface area contributed by atoms with Crippen molar-refractivity contribution in [2.75, 3.05) is 6.54 Å². The molecule has 3 heteroatoms. The van der Waals surface area contributed by atoms with Gasteiger partial charge < -0.3 is 10.4 Å². The number of halogens is 1. The van der Waals surface area contributed by atoms with Gasteiger partial charge in [0.15, 0.2) is 0 Å². The molecular weight excluding hydrogens is 210 g/mol. The van der Waals surface area contributed by atoms with Crippen molar-refractivity contribution >= 4 is 11.6 Å². The van der Waals surface area contributed by atoms with Crippen LogP contribution >= 0.6 is 11.6 Å². The zero-order valence-electron chi connectivity index (χ0n) is 8.67. The van der Waals surface area contributed by atoms with E-state index in [-0.39, 0.29) is 5.75 Å². The number of aromatic hydroxyl groups is 1. The molecule has 2 nitrogen and oxygen atoms in total. The van der Waals surface area contributed by atoms with Crippen molar-refractivity contribution in [2.24, 2.45) is 0 Å². The molecule has 1 saturated heterocycles. The Morgan fingerprint density at radius 1 is 1.27 bits per heavy atom. The molecule has 2 rings (SSSR count). The lowest BCUT2D eigenvalue weighted by atomic mass is 10.0. The molecule has 1 heterocycles. The van der Waals surface area contributed by atoms with Crippen molar-refractivity contribution in [3.8, 4) is 5.75 Å². The first kappa shape index (κ1) is 10.8. The molecule has 0 saturated carbocycles. The smallest absolute Gasteiger partial charge is 0.134 e. The summed E-state index contributed by atoms with van der Waals surface area (Å²) in [5.41, 5.74) is 1.18. The third-order valence-corrected chi connectivity index (χ3v) is 3.24. The van der Waals surface area contributed by atoms with Crippen LogP contribution in [0.15, 0.2) is 18.2 Å². The summed E-state index contributed by atoms with van der Waals surface area (Å²) in [5.74, 6) is 0.161. The largest absolute Gasteiger partial charge is 0.506 e. The van der Waals surface area contributed by atoms with Crippen LogP contribution in [0.4, 0.5) is 0 Å². The van der Waals surface area contributed by atoms with E-state index in [0.717, 1.165) is 13.0 Å². The summed E-state index contributed by atoms with van der Waals surface area (Å²) in [6, 6.07) is 5.87. The van der Waals surface area contributed by atoms with E-state index < -0.39 is 0 Å². The Bertz CT molecular complexity index is 332. The summed E-state index contributed by atoms with van der Waals surface area (Å²) < 4.78 is 0. The number of phenols is 1. The lowest BCUT2D eigenvalue weighted by Crippen LogP contribution is -2.20. The van der Waals surface area contributed by atoms with E-state index in [2.05, 4.69) is 5.32 Å². The van der Waals surface area contributed by atoms with E-state index in [9.17, 15) is 5.11 Å². The predicted molar refractivity (Wildman–Crippen MR) is 62.3 cm³/mol. The standard InChI is InChI=1S/C12H16ClNO/c13-10-8-9(5-6-12(10)15)11-4-2-1-3-7-14-11/h5-6,8,11,14-15H,1-4,7H2. The van der Waals surface area contributed by atoms with Gasteiger partial charge in [-0.15, -0.1) is 0 Å². The van der Waals surface area contributed by atoms with E-state index in [4.69, 9.17) is 11.6 Å². The van der Waals surface area contributed by atoms with E-state index >= 15 is 0 Å². The minimum Gasteiger partial charge on any atom is -0.506 e. The van der Waals surface area contributed by atoms with Gasteiger partial charge in [-0.1, -0.05) is 30.5 Å². The Morgan fingerprint density at radius 2 is 2.13 bits per heavy atom. The summed E-state index contributed by atoms with van der Waals surface area (Å²) in [5, 5.41) is 13.3. The maximum absolute atomic E-state index is 9.35. The van der Waals surface area contributed by atoms with Crippen LogP contribution in [0, 0.1) is 0 Å². The molecule has 0 spiro atoms. The maximum atomic E-state index is 9.35. The van der Waals surface area contributed by atoms with Crippen LogP contribution < -0.4 is 5.32 Å². The predicted octanol–water partition coefficient (Wildman–Crippen LogP) is 3.25. The number of nitrogens with one attached hydrogen (secondary N) is 1. The molecule has 82 valence electrons. The molecule has 1 aromatic rings. The second kappa shape index (κ2) is 4.86. The van der Waals surface area contributed by atoms with Crippen molar-refractivity contribution in [2.45, 2.75) is 31.7 Å². The normalized spacial score (nSPS) is 22.3. The van der Waals surface area contributed by atoms with Crippen molar-refractivity contribution in [3.63, 3.8) is 0 Å². The van der Waals surface area contributed by atoms with Crippen LogP contribution in [0.25, 0.3) is 0 Å². The van der Waals surface area contributed by atoms with E-state index in [0.29, 0.717) is 11.1 Å². The van der Waals surface area contributed by atoms with Gasteiger partial charge in [-0.05, 0) is 37.1 Å². The fourth-order valence-corrected chi connectivity index (χ4v) is 2.24. The Hall–Kier alpha value is -0.730. The zero-order chi connectivity index (χ0) is 10.7. The first-order valence-electron chi connectivity index (χ1n) is 5.49. The van der Waals surface area contributed by atoms with Crippen molar-refractivity contribution in [1.29, 1.82) is 0 Å². The van der Waals surface area contributed by atoms with Crippen molar-refractivity contribution in [3.05, 3.63) is 28.8 Å². The fraction of sp³-hybridized carbons (Fsp3) is 0.500. The van der Waals surface area contributed by atoms with Gasteiger partial charge in [-0.3, -0.25) is 0 Å². The molecule has 0 amide bonds. The van der Waals surface area contributed by atoms with Gasteiger partial charge >= 0.3 is 0 Å². The Kier molecular flexibility index (Phi) is 3.49. The highest BCUT2D eigenvalue weighted by Crippen LogP contribution is 2.29. The number of phenolic OH excluding ortho intramolecular Hbond substituents is 1. The zero-order valence-corrected chi connectivity index (χ0v) is 9.43. The molecular formula is C12H16ClNO. The molecule has 1 atom stereocenters. The number of hydrogen-bond acceptors (Lipinski definition) is 2. The lowest BCUT2D eigenvalue weighted by molar-refractivity contribution is 0.474. The number of rotatable bonds is 1. The molecule has 1 aromatic carbocycles. The van der Waals surface area contributed by atoms with Crippen LogP contribution in [-0.4, -0.2) is 11.7 Å². The molecule has 1 aliphatic heterocycles. The first-order chi connectivity index (χ1) is 7.27. The Morgan fingerprint density at radius 3 is 2.93 bits per heavy atom. The highest BCUT2D eigenvalue weighted by molar-refractivity contribution is 6.32. The molecule has 1 unspecified atom stereocenters. The maximum Gasteiger partial charge on any atom is 0.134 e. The first-order valence-corrected chi connectivity index (χ1v) is 5.87. The van der Waals surface area contributed by atoms with Crippen LogP contribution in [0.5, 0.6) is 5.75 Å². The third-order valence-electron chi connectivity index (χ3n) is 2.93. The summed E-state index contributed by atoms with van der Waals surface area (Å²) >= 11 is 5.90. The summed E-state index contributed by atoms with van der Waals surface area (Å²) in [6.07, 6.45) is 4.97. The quantitative estimate of drug-likeness (QED) is 0.769. The minimum absolute atomic E-state index is 0.161. The molecule has 0 radical (unpaired) electrons. The minimum atomic E-state index is 0.161.